The van der Waals surface area contributed by atoms with E-state index in [2.05, 4.69) is 88.5 Å². The Bertz CT molecular complexity index is 1100. The molecule has 3 aliphatic rings. The molecule has 3 saturated heterocycles. The van der Waals surface area contributed by atoms with Gasteiger partial charge in [-0.2, -0.15) is 0 Å². The van der Waals surface area contributed by atoms with Crippen molar-refractivity contribution in [2.24, 2.45) is 11.8 Å². The third-order valence-electron chi connectivity index (χ3n) is 8.41. The molecule has 0 bridgehead atoms. The first kappa shape index (κ1) is 72.3. The predicted octanol–water partition coefficient (Wildman–Crippen LogP) is 7.62. The van der Waals surface area contributed by atoms with Crippen LogP contribution in [0.5, 0.6) is 0 Å². The van der Waals surface area contributed by atoms with Gasteiger partial charge in [0, 0.05) is 57.6 Å². The van der Waals surface area contributed by atoms with Gasteiger partial charge in [0.15, 0.2) is 5.60 Å². The Balaban J connectivity index is -0.000000210. The molecule has 1 aromatic rings. The molecule has 6 N–H and O–H groups in total. The summed E-state index contributed by atoms with van der Waals surface area (Å²) in [6.07, 6.45) is 4.89. The van der Waals surface area contributed by atoms with Crippen LogP contribution in [0.3, 0.4) is 0 Å². The molecule has 0 aromatic carbocycles. The SMILES string of the molecule is CC(C)CCO.CC(C)CO.CC(C)OC(C)(C)C.COC(=O)C(C)(C)OC(C)C.COC(C)CO.Cc1ccc(C)n1C(C)C.OC1CCOC1.OC1CCOC1.OCC1CCCO1. The summed E-state index contributed by atoms with van der Waals surface area (Å²) in [7, 11) is 2.93. The second-order valence-corrected chi connectivity index (χ2v) is 19.1. The number of methoxy groups -OCH3 is 2. The van der Waals surface area contributed by atoms with E-state index >= 15 is 0 Å². The number of carbonyl (C=O) groups is 1. The molecular weight excluding hydrogens is 839 g/mol. The standard InChI is InChI=1S/C9H15N.C8H16O3.C7H16O.C5H10O2.C5H12O.2C4H8O2.C4H10O2.C4H10O/c1-7(2)10-8(3)5-6-9(10)4;1-6(2)11-8(3,4)7(9)10-5;1-6(2)8-7(3,4)5;6-4-5-2-1-3-7-5;1-5(2)3-4-6;2*5-4-1-2-6-3-4;1-4(3-5)6-2;1-4(2)3-5/h5-7H,1-4H3;6H,1-5H3;6H,1-5H3;5-6H,1-4H2;5-6H,3-4H2,1-2H3;2*4-5H,1-3H2;4-5H,3H2,1-2H3;4-5H,3H2,1-2H3. The van der Waals surface area contributed by atoms with Crippen molar-refractivity contribution in [1.29, 1.82) is 0 Å². The lowest BCUT2D eigenvalue weighted by Crippen LogP contribution is -2.38. The van der Waals surface area contributed by atoms with Gasteiger partial charge in [-0.15, -0.1) is 0 Å². The minimum atomic E-state index is -0.830. The lowest BCUT2D eigenvalue weighted by atomic mass is 10.1. The van der Waals surface area contributed by atoms with Crippen molar-refractivity contribution in [3.63, 3.8) is 0 Å². The van der Waals surface area contributed by atoms with Gasteiger partial charge in [0.05, 0.1) is 75.8 Å². The average Bonchev–Trinajstić information content (AvgIpc) is 4.05. The van der Waals surface area contributed by atoms with E-state index in [4.69, 9.17) is 54.3 Å². The first-order valence-corrected chi connectivity index (χ1v) is 23.7. The zero-order valence-electron chi connectivity index (χ0n) is 45.1. The smallest absolute Gasteiger partial charge is 0.337 e. The number of aliphatic hydroxyl groups is 6. The van der Waals surface area contributed by atoms with E-state index in [9.17, 15) is 4.79 Å². The number of hydrogen-bond donors (Lipinski definition) is 6. The van der Waals surface area contributed by atoms with E-state index < -0.39 is 5.60 Å². The molecule has 0 spiro atoms. The molecule has 65 heavy (non-hydrogen) atoms. The monoisotopic (exact) mass is 944 g/mol. The highest BCUT2D eigenvalue weighted by Crippen LogP contribution is 2.15. The van der Waals surface area contributed by atoms with Gasteiger partial charge in [-0.1, -0.05) is 27.7 Å². The summed E-state index contributed by atoms with van der Waals surface area (Å²) < 4.78 is 37.0. The van der Waals surface area contributed by atoms with Crippen molar-refractivity contribution >= 4 is 5.97 Å². The molecular formula is C50H105NO14. The zero-order chi connectivity index (χ0) is 51.8. The second-order valence-electron chi connectivity index (χ2n) is 19.1. The van der Waals surface area contributed by atoms with E-state index in [0.29, 0.717) is 50.4 Å². The van der Waals surface area contributed by atoms with Crippen LogP contribution >= 0.6 is 0 Å². The summed E-state index contributed by atoms with van der Waals surface area (Å²) in [5, 5.41) is 50.2. The van der Waals surface area contributed by atoms with Gasteiger partial charge in [-0.05, 0) is 153 Å². The van der Waals surface area contributed by atoms with Gasteiger partial charge in [0.2, 0.25) is 0 Å². The summed E-state index contributed by atoms with van der Waals surface area (Å²) >= 11 is 0. The molecule has 3 aliphatic heterocycles. The minimum Gasteiger partial charge on any atom is -0.467 e. The molecule has 15 nitrogen and oxygen atoms in total. The van der Waals surface area contributed by atoms with Crippen molar-refractivity contribution in [1.82, 2.24) is 4.57 Å². The van der Waals surface area contributed by atoms with Crippen molar-refractivity contribution in [2.45, 2.75) is 211 Å². The normalized spacial score (nSPS) is 18.0. The largest absolute Gasteiger partial charge is 0.467 e. The summed E-state index contributed by atoms with van der Waals surface area (Å²) in [4.78, 5) is 11.0. The van der Waals surface area contributed by atoms with Crippen LogP contribution in [0.1, 0.15) is 160 Å². The summed E-state index contributed by atoms with van der Waals surface area (Å²) in [5.41, 5.74) is 1.90. The van der Waals surface area contributed by atoms with Crippen LogP contribution in [0, 0.1) is 25.7 Å². The second kappa shape index (κ2) is 44.8. The van der Waals surface area contributed by atoms with Gasteiger partial charge in [0.25, 0.3) is 0 Å². The van der Waals surface area contributed by atoms with E-state index in [1.54, 1.807) is 27.9 Å². The summed E-state index contributed by atoms with van der Waals surface area (Å²) in [6, 6.07) is 4.92. The Morgan fingerprint density at radius 3 is 1.28 bits per heavy atom. The minimum absolute atomic E-state index is 0.00926. The summed E-state index contributed by atoms with van der Waals surface area (Å²) in [6.45, 7) is 40.4. The van der Waals surface area contributed by atoms with Crippen LogP contribution < -0.4 is 0 Å². The number of aliphatic hydroxyl groups excluding tert-OH is 6. The summed E-state index contributed by atoms with van der Waals surface area (Å²) in [5.74, 6) is 0.746. The highest BCUT2D eigenvalue weighted by molar-refractivity contribution is 5.78. The number of nitrogens with zero attached hydrogens (tertiary/aromatic N) is 1. The van der Waals surface area contributed by atoms with Gasteiger partial charge in [-0.3, -0.25) is 0 Å². The third kappa shape index (κ3) is 53.1. The molecule has 4 unspecified atom stereocenters. The molecule has 0 amide bonds. The maximum absolute atomic E-state index is 11.0. The fourth-order valence-electron chi connectivity index (χ4n) is 5.25. The van der Waals surface area contributed by atoms with E-state index in [1.165, 1.54) is 18.5 Å². The molecule has 3 fully saturated rings. The molecule has 4 rings (SSSR count). The Hall–Kier alpha value is -1.73. The highest BCUT2D eigenvalue weighted by Gasteiger charge is 2.30. The van der Waals surface area contributed by atoms with Crippen LogP contribution in [-0.2, 0) is 38.0 Å². The maximum atomic E-state index is 11.0. The van der Waals surface area contributed by atoms with Gasteiger partial charge in [-0.25, -0.2) is 4.79 Å². The van der Waals surface area contributed by atoms with Crippen LogP contribution in [0.15, 0.2) is 12.1 Å². The van der Waals surface area contributed by atoms with E-state index in [0.717, 1.165) is 51.9 Å². The lowest BCUT2D eigenvalue weighted by Gasteiger charge is -2.24. The number of rotatable bonds is 11. The Morgan fingerprint density at radius 1 is 0.708 bits per heavy atom. The molecule has 394 valence electrons. The Labute approximate surface area is 397 Å². The van der Waals surface area contributed by atoms with Gasteiger partial charge < -0.3 is 68.4 Å². The van der Waals surface area contributed by atoms with Crippen molar-refractivity contribution in [3.05, 3.63) is 23.5 Å². The van der Waals surface area contributed by atoms with Crippen LogP contribution in [0.2, 0.25) is 0 Å². The predicted molar refractivity (Wildman–Crippen MR) is 264 cm³/mol. The molecule has 0 aliphatic carbocycles. The lowest BCUT2D eigenvalue weighted by molar-refractivity contribution is -0.169. The molecule has 4 heterocycles. The molecule has 4 atom stereocenters. The average molecular weight is 944 g/mol. The zero-order valence-corrected chi connectivity index (χ0v) is 45.1. The quantitative estimate of drug-likeness (QED) is 0.118. The fraction of sp³-hybridized carbons (Fsp3) is 0.900. The number of ether oxygens (including phenoxy) is 7. The van der Waals surface area contributed by atoms with Crippen LogP contribution in [0.25, 0.3) is 0 Å². The van der Waals surface area contributed by atoms with Crippen LogP contribution in [0.4, 0.5) is 0 Å². The van der Waals surface area contributed by atoms with Crippen LogP contribution in [-0.4, -0.2) is 163 Å². The number of esters is 1. The van der Waals surface area contributed by atoms with E-state index in [-0.39, 0.29) is 55.3 Å². The number of carbonyl (C=O) groups excluding carboxylic acids is 1. The molecule has 15 heteroatoms. The Kier molecular flexibility index (Phi) is 49.8. The number of aryl methyl sites for hydroxylation is 2. The first-order chi connectivity index (χ1) is 30.0. The Morgan fingerprint density at radius 2 is 1.15 bits per heavy atom. The van der Waals surface area contributed by atoms with Crippen molar-refractivity contribution in [3.8, 4) is 0 Å². The topological polar surface area (TPSA) is 208 Å². The van der Waals surface area contributed by atoms with Crippen molar-refractivity contribution in [2.75, 3.05) is 73.7 Å². The fourth-order valence-corrected chi connectivity index (χ4v) is 5.25. The van der Waals surface area contributed by atoms with Gasteiger partial charge >= 0.3 is 5.97 Å². The molecule has 0 saturated carbocycles. The van der Waals surface area contributed by atoms with Crippen molar-refractivity contribution < 1.29 is 68.6 Å². The molecule has 1 aromatic heterocycles. The first-order valence-electron chi connectivity index (χ1n) is 23.7. The molecule has 0 radical (unpaired) electrons. The number of aromatic nitrogens is 1. The third-order valence-corrected chi connectivity index (χ3v) is 8.41. The van der Waals surface area contributed by atoms with E-state index in [1.807, 2.05) is 41.5 Å². The number of hydrogen-bond acceptors (Lipinski definition) is 14. The highest BCUT2D eigenvalue weighted by atomic mass is 16.6. The van der Waals surface area contributed by atoms with Gasteiger partial charge in [0.1, 0.15) is 0 Å². The maximum Gasteiger partial charge on any atom is 0.337 e.